The standard InChI is InChI=1S/C8H8ClFN6/c9-4-1-7(6(11)2-5(4)10)12-3-8-13-15-16-14-8/h1-2,12H,3,11H2,(H,13,14,15,16). The average Bonchev–Trinajstić information content (AvgIpc) is 2.74. The van der Waals surface area contributed by atoms with Gasteiger partial charge in [-0.25, -0.2) is 4.39 Å². The molecule has 0 radical (unpaired) electrons. The van der Waals surface area contributed by atoms with Crippen LogP contribution in [0, 0.1) is 5.82 Å². The summed E-state index contributed by atoms with van der Waals surface area (Å²) in [5, 5.41) is 16.1. The van der Waals surface area contributed by atoms with Gasteiger partial charge in [-0.1, -0.05) is 16.8 Å². The molecule has 2 rings (SSSR count). The summed E-state index contributed by atoms with van der Waals surface area (Å²) >= 11 is 5.63. The minimum Gasteiger partial charge on any atom is -0.397 e. The molecule has 0 spiro atoms. The van der Waals surface area contributed by atoms with Crippen LogP contribution in [0.5, 0.6) is 0 Å². The highest BCUT2D eigenvalue weighted by Crippen LogP contribution is 2.26. The van der Waals surface area contributed by atoms with Gasteiger partial charge in [-0.3, -0.25) is 0 Å². The van der Waals surface area contributed by atoms with Crippen LogP contribution in [0.2, 0.25) is 5.02 Å². The van der Waals surface area contributed by atoms with Gasteiger partial charge >= 0.3 is 0 Å². The lowest BCUT2D eigenvalue weighted by Crippen LogP contribution is -2.04. The smallest absolute Gasteiger partial charge is 0.193 e. The van der Waals surface area contributed by atoms with Crippen LogP contribution in [0.3, 0.4) is 0 Å². The highest BCUT2D eigenvalue weighted by Gasteiger charge is 2.06. The van der Waals surface area contributed by atoms with Crippen LogP contribution in [-0.4, -0.2) is 20.6 Å². The molecule has 4 N–H and O–H groups in total. The Labute approximate surface area is 95.0 Å². The Morgan fingerprint density at radius 3 is 3.00 bits per heavy atom. The molecule has 0 fully saturated rings. The van der Waals surface area contributed by atoms with Gasteiger partial charge in [-0.15, -0.1) is 10.2 Å². The third-order valence-corrected chi connectivity index (χ3v) is 2.21. The molecule has 0 aliphatic rings. The minimum atomic E-state index is -0.552. The summed E-state index contributed by atoms with van der Waals surface area (Å²) < 4.78 is 13.0. The molecule has 6 nitrogen and oxygen atoms in total. The summed E-state index contributed by atoms with van der Waals surface area (Å²) in [6, 6.07) is 2.56. The minimum absolute atomic E-state index is 0.00446. The van der Waals surface area contributed by atoms with Crippen molar-refractivity contribution in [2.45, 2.75) is 6.54 Å². The monoisotopic (exact) mass is 242 g/mol. The van der Waals surface area contributed by atoms with E-state index in [1.54, 1.807) is 0 Å². The molecule has 1 aromatic carbocycles. The molecule has 0 aliphatic heterocycles. The number of aromatic nitrogens is 4. The first-order valence-corrected chi connectivity index (χ1v) is 4.75. The number of hydrogen-bond acceptors (Lipinski definition) is 5. The molecule has 0 unspecified atom stereocenters. The van der Waals surface area contributed by atoms with Gasteiger partial charge in [0.05, 0.1) is 22.9 Å². The number of halogens is 2. The van der Waals surface area contributed by atoms with Crippen molar-refractivity contribution in [1.29, 1.82) is 0 Å². The topological polar surface area (TPSA) is 92.5 Å². The molecule has 0 saturated carbocycles. The van der Waals surface area contributed by atoms with E-state index in [1.165, 1.54) is 6.07 Å². The molecule has 2 aromatic rings. The molecule has 0 atom stereocenters. The zero-order valence-corrected chi connectivity index (χ0v) is 8.79. The number of tetrazole rings is 1. The van der Waals surface area contributed by atoms with Gasteiger partial charge in [0.25, 0.3) is 0 Å². The largest absolute Gasteiger partial charge is 0.397 e. The zero-order valence-electron chi connectivity index (χ0n) is 8.04. The van der Waals surface area contributed by atoms with Gasteiger partial charge in [0.2, 0.25) is 0 Å². The molecule has 8 heteroatoms. The number of hydrogen-bond donors (Lipinski definition) is 3. The molecule has 0 bridgehead atoms. The molecule has 1 aromatic heterocycles. The van der Waals surface area contributed by atoms with Crippen molar-refractivity contribution in [3.63, 3.8) is 0 Å². The number of rotatable bonds is 3. The molecule has 1 heterocycles. The van der Waals surface area contributed by atoms with Crippen molar-refractivity contribution in [1.82, 2.24) is 20.6 Å². The highest BCUT2D eigenvalue weighted by atomic mass is 35.5. The van der Waals surface area contributed by atoms with E-state index in [-0.39, 0.29) is 10.7 Å². The summed E-state index contributed by atoms with van der Waals surface area (Å²) in [5.41, 5.74) is 6.40. The van der Waals surface area contributed by atoms with Gasteiger partial charge in [0, 0.05) is 6.07 Å². The van der Waals surface area contributed by atoms with Crippen LogP contribution < -0.4 is 11.1 Å². The number of nitrogen functional groups attached to an aromatic ring is 1. The fraction of sp³-hybridized carbons (Fsp3) is 0.125. The number of benzene rings is 1. The lowest BCUT2D eigenvalue weighted by atomic mass is 10.2. The van der Waals surface area contributed by atoms with E-state index < -0.39 is 5.82 Å². The van der Waals surface area contributed by atoms with E-state index in [9.17, 15) is 4.39 Å². The lowest BCUT2D eigenvalue weighted by molar-refractivity contribution is 0.629. The van der Waals surface area contributed by atoms with Crippen molar-refractivity contribution < 1.29 is 4.39 Å². The number of nitrogens with zero attached hydrogens (tertiary/aromatic N) is 3. The van der Waals surface area contributed by atoms with Crippen LogP contribution in [0.15, 0.2) is 12.1 Å². The zero-order chi connectivity index (χ0) is 11.5. The normalized spacial score (nSPS) is 10.4. The number of anilines is 2. The van der Waals surface area contributed by atoms with E-state index in [1.807, 2.05) is 0 Å². The molecule has 0 aliphatic carbocycles. The fourth-order valence-electron chi connectivity index (χ4n) is 1.15. The van der Waals surface area contributed by atoms with Gasteiger partial charge in [0.15, 0.2) is 5.82 Å². The Morgan fingerprint density at radius 2 is 2.31 bits per heavy atom. The van der Waals surface area contributed by atoms with Crippen molar-refractivity contribution in [3.05, 3.63) is 28.8 Å². The van der Waals surface area contributed by atoms with Gasteiger partial charge < -0.3 is 11.1 Å². The third-order valence-electron chi connectivity index (χ3n) is 1.92. The summed E-state index contributed by atoms with van der Waals surface area (Å²) in [4.78, 5) is 0. The predicted molar refractivity (Wildman–Crippen MR) is 57.3 cm³/mol. The molecular weight excluding hydrogens is 235 g/mol. The SMILES string of the molecule is Nc1cc(F)c(Cl)cc1NCc1nn[nH]n1. The Kier molecular flexibility index (Phi) is 2.86. The van der Waals surface area contributed by atoms with E-state index in [0.717, 1.165) is 6.07 Å². The number of aromatic amines is 1. The van der Waals surface area contributed by atoms with Crippen molar-refractivity contribution >= 4 is 23.0 Å². The summed E-state index contributed by atoms with van der Waals surface area (Å²) in [7, 11) is 0. The molecule has 0 saturated heterocycles. The number of nitrogens with one attached hydrogen (secondary N) is 2. The second-order valence-corrected chi connectivity index (χ2v) is 3.44. The average molecular weight is 243 g/mol. The maximum Gasteiger partial charge on any atom is 0.193 e. The Morgan fingerprint density at radius 1 is 1.50 bits per heavy atom. The third kappa shape index (κ3) is 2.19. The summed E-state index contributed by atoms with van der Waals surface area (Å²) in [6.07, 6.45) is 0. The first-order chi connectivity index (χ1) is 7.66. The van der Waals surface area contributed by atoms with E-state index in [2.05, 4.69) is 25.9 Å². The summed E-state index contributed by atoms with van der Waals surface area (Å²) in [5.74, 6) is -0.0795. The van der Waals surface area contributed by atoms with E-state index in [0.29, 0.717) is 18.1 Å². The maximum absolute atomic E-state index is 13.0. The van der Waals surface area contributed by atoms with E-state index in [4.69, 9.17) is 17.3 Å². The highest BCUT2D eigenvalue weighted by molar-refractivity contribution is 6.31. The fourth-order valence-corrected chi connectivity index (χ4v) is 1.31. The van der Waals surface area contributed by atoms with Crippen LogP contribution >= 0.6 is 11.6 Å². The predicted octanol–water partition coefficient (Wildman–Crippen LogP) is 1.19. The maximum atomic E-state index is 13.0. The molecule has 0 amide bonds. The first-order valence-electron chi connectivity index (χ1n) is 4.37. The van der Waals surface area contributed by atoms with Crippen molar-refractivity contribution in [2.24, 2.45) is 0 Å². The summed E-state index contributed by atoms with van der Waals surface area (Å²) in [6.45, 7) is 0.322. The van der Waals surface area contributed by atoms with Crippen LogP contribution in [0.25, 0.3) is 0 Å². The Balaban J connectivity index is 2.12. The molecule has 84 valence electrons. The Hall–Kier alpha value is -1.89. The second-order valence-electron chi connectivity index (χ2n) is 3.04. The van der Waals surface area contributed by atoms with E-state index >= 15 is 0 Å². The van der Waals surface area contributed by atoms with Crippen LogP contribution in [0.1, 0.15) is 5.82 Å². The lowest BCUT2D eigenvalue weighted by Gasteiger charge is -2.08. The molecular formula is C8H8ClFN6. The van der Waals surface area contributed by atoms with Gasteiger partial charge in [-0.05, 0) is 6.07 Å². The van der Waals surface area contributed by atoms with Gasteiger partial charge in [0.1, 0.15) is 5.82 Å². The number of nitrogens with two attached hydrogens (primary N) is 1. The quantitative estimate of drug-likeness (QED) is 0.703. The van der Waals surface area contributed by atoms with Gasteiger partial charge in [-0.2, -0.15) is 5.21 Å². The second kappa shape index (κ2) is 4.31. The first kappa shape index (κ1) is 10.6. The van der Waals surface area contributed by atoms with Crippen LogP contribution in [0.4, 0.5) is 15.8 Å². The van der Waals surface area contributed by atoms with Crippen molar-refractivity contribution in [2.75, 3.05) is 11.1 Å². The number of H-pyrrole nitrogens is 1. The Bertz CT molecular complexity index is 486. The van der Waals surface area contributed by atoms with Crippen LogP contribution in [-0.2, 0) is 6.54 Å². The molecule has 16 heavy (non-hydrogen) atoms. The van der Waals surface area contributed by atoms with Crippen molar-refractivity contribution in [3.8, 4) is 0 Å².